The van der Waals surface area contributed by atoms with Crippen LogP contribution >= 0.6 is 0 Å². The van der Waals surface area contributed by atoms with Crippen LogP contribution in [0.4, 0.5) is 13.2 Å². The Labute approximate surface area is 137 Å². The van der Waals surface area contributed by atoms with Crippen molar-refractivity contribution in [2.75, 3.05) is 13.2 Å². The van der Waals surface area contributed by atoms with Crippen LogP contribution in [0.25, 0.3) is 11.1 Å². The van der Waals surface area contributed by atoms with Crippen molar-refractivity contribution in [1.29, 1.82) is 0 Å². The molecule has 1 aliphatic carbocycles. The Morgan fingerprint density at radius 2 is 2.08 bits per heavy atom. The van der Waals surface area contributed by atoms with Crippen molar-refractivity contribution in [1.82, 2.24) is 9.78 Å². The predicted molar refractivity (Wildman–Crippen MR) is 81.6 cm³/mol. The fraction of sp³-hybridized carbons (Fsp3) is 0.438. The lowest BCUT2D eigenvalue weighted by molar-refractivity contribution is -0.274. The Bertz CT molecular complexity index is 696. The molecule has 1 aliphatic rings. The molecule has 2 aromatic rings. The van der Waals surface area contributed by atoms with Gasteiger partial charge in [0.05, 0.1) is 19.3 Å². The monoisotopic (exact) mass is 341 g/mol. The lowest BCUT2D eigenvalue weighted by Crippen LogP contribution is -2.17. The normalized spacial score (nSPS) is 14.7. The summed E-state index contributed by atoms with van der Waals surface area (Å²) < 4.78 is 49.3. The smallest absolute Gasteiger partial charge is 0.493 e. The van der Waals surface area contributed by atoms with Crippen LogP contribution < -0.4 is 15.2 Å². The van der Waals surface area contributed by atoms with E-state index in [9.17, 15) is 13.2 Å². The average Bonchev–Trinajstić information content (AvgIpc) is 3.23. The number of aromatic nitrogens is 2. The van der Waals surface area contributed by atoms with Gasteiger partial charge in [-0.05, 0) is 37.0 Å². The van der Waals surface area contributed by atoms with Gasteiger partial charge >= 0.3 is 6.36 Å². The molecule has 1 saturated carbocycles. The third kappa shape index (κ3) is 4.41. The Morgan fingerprint density at radius 1 is 1.29 bits per heavy atom. The maximum Gasteiger partial charge on any atom is 0.573 e. The highest BCUT2D eigenvalue weighted by Crippen LogP contribution is 2.37. The van der Waals surface area contributed by atoms with E-state index >= 15 is 0 Å². The molecule has 0 unspecified atom stereocenters. The second-order valence-corrected chi connectivity index (χ2v) is 5.74. The largest absolute Gasteiger partial charge is 0.573 e. The summed E-state index contributed by atoms with van der Waals surface area (Å²) in [7, 11) is 0. The molecule has 0 aliphatic heterocycles. The van der Waals surface area contributed by atoms with Crippen molar-refractivity contribution in [2.24, 2.45) is 11.7 Å². The van der Waals surface area contributed by atoms with Gasteiger partial charge in [0.25, 0.3) is 0 Å². The fourth-order valence-corrected chi connectivity index (χ4v) is 2.29. The van der Waals surface area contributed by atoms with Crippen molar-refractivity contribution in [3.05, 3.63) is 30.6 Å². The molecule has 5 nitrogen and oxygen atoms in total. The molecule has 0 bridgehead atoms. The Kier molecular flexibility index (Phi) is 4.66. The highest BCUT2D eigenvalue weighted by Gasteiger charge is 2.32. The molecule has 0 radical (unpaired) electrons. The van der Waals surface area contributed by atoms with Crippen LogP contribution in [0.3, 0.4) is 0 Å². The number of rotatable bonds is 7. The first kappa shape index (κ1) is 16.6. The van der Waals surface area contributed by atoms with Crippen molar-refractivity contribution in [2.45, 2.75) is 25.7 Å². The molecule has 3 rings (SSSR count). The zero-order valence-corrected chi connectivity index (χ0v) is 12.9. The van der Waals surface area contributed by atoms with E-state index in [-0.39, 0.29) is 11.3 Å². The third-order valence-electron chi connectivity index (χ3n) is 3.66. The van der Waals surface area contributed by atoms with Gasteiger partial charge < -0.3 is 15.2 Å². The number of halogens is 3. The highest BCUT2D eigenvalue weighted by atomic mass is 19.4. The Balaban J connectivity index is 1.88. The standard InChI is InChI=1S/C16H18F3N3O2/c17-16(18,19)24-15-4-3-13(23-10-11-1-2-11)7-14(15)12-8-21-22(9-12)6-5-20/h3-4,7-9,11H,1-2,5-6,10,20H2. The van der Waals surface area contributed by atoms with Crippen LogP contribution in [-0.2, 0) is 6.54 Å². The van der Waals surface area contributed by atoms with E-state index in [1.165, 1.54) is 18.3 Å². The third-order valence-corrected chi connectivity index (χ3v) is 3.66. The van der Waals surface area contributed by atoms with Crippen molar-refractivity contribution in [3.63, 3.8) is 0 Å². The quantitative estimate of drug-likeness (QED) is 0.840. The molecule has 130 valence electrons. The zero-order chi connectivity index (χ0) is 17.2. The Morgan fingerprint density at radius 3 is 2.75 bits per heavy atom. The first-order chi connectivity index (χ1) is 11.4. The van der Waals surface area contributed by atoms with Gasteiger partial charge in [-0.2, -0.15) is 5.10 Å². The van der Waals surface area contributed by atoms with Gasteiger partial charge in [0.2, 0.25) is 0 Å². The molecule has 0 saturated heterocycles. The SMILES string of the molecule is NCCn1cc(-c2cc(OCC3CC3)ccc2OC(F)(F)F)cn1. The van der Waals surface area contributed by atoms with Crippen LogP contribution in [-0.4, -0.2) is 29.3 Å². The predicted octanol–water partition coefficient (Wildman–Crippen LogP) is 3.20. The number of nitrogens with two attached hydrogens (primary N) is 1. The summed E-state index contributed by atoms with van der Waals surface area (Å²) in [6, 6.07) is 4.30. The topological polar surface area (TPSA) is 62.3 Å². The molecule has 0 spiro atoms. The first-order valence-electron chi connectivity index (χ1n) is 7.70. The maximum absolute atomic E-state index is 12.6. The van der Waals surface area contributed by atoms with Crippen molar-refractivity contribution >= 4 is 0 Å². The van der Waals surface area contributed by atoms with Gasteiger partial charge in [0, 0.05) is 23.9 Å². The summed E-state index contributed by atoms with van der Waals surface area (Å²) in [5.74, 6) is 0.776. The van der Waals surface area contributed by atoms with Gasteiger partial charge in [-0.1, -0.05) is 0 Å². The Hall–Kier alpha value is -2.22. The van der Waals surface area contributed by atoms with E-state index in [4.69, 9.17) is 10.5 Å². The summed E-state index contributed by atoms with van der Waals surface area (Å²) in [5, 5.41) is 4.09. The van der Waals surface area contributed by atoms with E-state index in [2.05, 4.69) is 9.84 Å². The van der Waals surface area contributed by atoms with Crippen molar-refractivity contribution in [3.8, 4) is 22.6 Å². The summed E-state index contributed by atoms with van der Waals surface area (Å²) in [6.45, 7) is 1.44. The molecule has 1 heterocycles. The highest BCUT2D eigenvalue weighted by molar-refractivity contribution is 5.71. The number of benzene rings is 1. The lowest BCUT2D eigenvalue weighted by Gasteiger charge is -2.14. The minimum atomic E-state index is -4.77. The number of nitrogens with zero attached hydrogens (tertiary/aromatic N) is 2. The molecule has 0 amide bonds. The van der Waals surface area contributed by atoms with E-state index in [0.29, 0.717) is 36.9 Å². The minimum absolute atomic E-state index is 0.281. The van der Waals surface area contributed by atoms with Crippen LogP contribution in [0.1, 0.15) is 12.8 Å². The molecular formula is C16H18F3N3O2. The zero-order valence-electron chi connectivity index (χ0n) is 12.9. The summed E-state index contributed by atoms with van der Waals surface area (Å²) in [5.41, 5.74) is 6.26. The summed E-state index contributed by atoms with van der Waals surface area (Å²) >= 11 is 0. The second-order valence-electron chi connectivity index (χ2n) is 5.74. The van der Waals surface area contributed by atoms with Gasteiger partial charge in [-0.15, -0.1) is 13.2 Å². The maximum atomic E-state index is 12.6. The van der Waals surface area contributed by atoms with Crippen molar-refractivity contribution < 1.29 is 22.6 Å². The number of hydrogen-bond acceptors (Lipinski definition) is 4. The lowest BCUT2D eigenvalue weighted by atomic mass is 10.1. The van der Waals surface area contributed by atoms with Gasteiger partial charge in [-0.3, -0.25) is 4.68 Å². The minimum Gasteiger partial charge on any atom is -0.493 e. The second kappa shape index (κ2) is 6.72. The van der Waals surface area contributed by atoms with Crippen LogP contribution in [0.2, 0.25) is 0 Å². The molecule has 1 aromatic heterocycles. The summed E-state index contributed by atoms with van der Waals surface area (Å²) in [6.07, 6.45) is 0.620. The molecular weight excluding hydrogens is 323 g/mol. The molecule has 24 heavy (non-hydrogen) atoms. The average molecular weight is 341 g/mol. The molecule has 0 atom stereocenters. The first-order valence-corrected chi connectivity index (χ1v) is 7.70. The molecule has 8 heteroatoms. The fourth-order valence-electron chi connectivity index (χ4n) is 2.29. The van der Waals surface area contributed by atoms with Crippen LogP contribution in [0, 0.1) is 5.92 Å². The number of hydrogen-bond donors (Lipinski definition) is 1. The van der Waals surface area contributed by atoms with Gasteiger partial charge in [-0.25, -0.2) is 0 Å². The molecule has 1 fully saturated rings. The van der Waals surface area contributed by atoms with Gasteiger partial charge in [0.15, 0.2) is 0 Å². The molecule has 2 N–H and O–H groups in total. The van der Waals surface area contributed by atoms with E-state index in [0.717, 1.165) is 12.8 Å². The summed E-state index contributed by atoms with van der Waals surface area (Å²) in [4.78, 5) is 0. The van der Waals surface area contributed by atoms with E-state index < -0.39 is 6.36 Å². The number of ether oxygens (including phenoxy) is 2. The van der Waals surface area contributed by atoms with Crippen LogP contribution in [0.15, 0.2) is 30.6 Å². The van der Waals surface area contributed by atoms with E-state index in [1.54, 1.807) is 16.9 Å². The van der Waals surface area contributed by atoms with E-state index in [1.807, 2.05) is 0 Å². The molecule has 1 aromatic carbocycles. The van der Waals surface area contributed by atoms with Crippen LogP contribution in [0.5, 0.6) is 11.5 Å². The number of alkyl halides is 3. The van der Waals surface area contributed by atoms with Gasteiger partial charge in [0.1, 0.15) is 11.5 Å².